The number of fused-ring (bicyclic) bond motifs is 1. The summed E-state index contributed by atoms with van der Waals surface area (Å²) in [5.41, 5.74) is 3.48. The van der Waals surface area contributed by atoms with E-state index in [-0.39, 0.29) is 11.9 Å². The number of hydrogen-bond acceptors (Lipinski definition) is 4. The van der Waals surface area contributed by atoms with Gasteiger partial charge in [0.1, 0.15) is 17.5 Å². The molecule has 2 aliphatic rings. The first-order valence-corrected chi connectivity index (χ1v) is 8.81. The summed E-state index contributed by atoms with van der Waals surface area (Å²) in [5.74, 6) is 1.81. The Bertz CT molecular complexity index is 723. The summed E-state index contributed by atoms with van der Waals surface area (Å²) in [4.78, 5) is 12.0. The first-order chi connectivity index (χ1) is 11.7. The highest BCUT2D eigenvalue weighted by Crippen LogP contribution is 2.31. The first kappa shape index (κ1) is 15.5. The number of aromatic nitrogens is 2. The third-order valence-corrected chi connectivity index (χ3v) is 5.02. The fourth-order valence-corrected chi connectivity index (χ4v) is 3.73. The molecule has 0 unspecified atom stereocenters. The maximum absolute atomic E-state index is 13.1. The molecule has 4 nitrogen and oxygen atoms in total. The molecule has 0 amide bonds. The van der Waals surface area contributed by atoms with Crippen molar-refractivity contribution >= 4 is 5.82 Å². The van der Waals surface area contributed by atoms with E-state index < -0.39 is 0 Å². The lowest BCUT2D eigenvalue weighted by Gasteiger charge is -2.31. The monoisotopic (exact) mass is 326 g/mol. The molecule has 0 bridgehead atoms. The predicted octanol–water partition coefficient (Wildman–Crippen LogP) is 3.30. The Balaban J connectivity index is 1.65. The molecule has 126 valence electrons. The molecule has 1 atom stereocenters. The molecule has 4 rings (SSSR count). The average Bonchev–Trinajstić information content (AvgIpc) is 3.12. The number of benzene rings is 1. The van der Waals surface area contributed by atoms with E-state index in [2.05, 4.69) is 17.1 Å². The zero-order valence-corrected chi connectivity index (χ0v) is 14.1. The second-order valence-electron chi connectivity index (χ2n) is 6.77. The van der Waals surface area contributed by atoms with Gasteiger partial charge < -0.3 is 10.2 Å². The Hall–Kier alpha value is -2.01. The van der Waals surface area contributed by atoms with Gasteiger partial charge in [-0.1, -0.05) is 12.1 Å². The van der Waals surface area contributed by atoms with Crippen LogP contribution in [-0.4, -0.2) is 23.1 Å². The molecule has 3 heterocycles. The Labute approximate surface area is 142 Å². The van der Waals surface area contributed by atoms with Crippen molar-refractivity contribution in [2.75, 3.05) is 18.0 Å². The van der Waals surface area contributed by atoms with Crippen molar-refractivity contribution < 1.29 is 4.39 Å². The normalized spacial score (nSPS) is 20.2. The van der Waals surface area contributed by atoms with E-state index in [1.54, 1.807) is 0 Å². The molecule has 1 saturated heterocycles. The van der Waals surface area contributed by atoms with Crippen molar-refractivity contribution in [3.05, 3.63) is 52.7 Å². The van der Waals surface area contributed by atoms with E-state index >= 15 is 0 Å². The zero-order chi connectivity index (χ0) is 16.5. The van der Waals surface area contributed by atoms with Crippen LogP contribution in [0.2, 0.25) is 0 Å². The zero-order valence-electron chi connectivity index (χ0n) is 14.1. The number of rotatable bonds is 3. The van der Waals surface area contributed by atoms with E-state index in [1.165, 1.54) is 24.1 Å². The van der Waals surface area contributed by atoms with Gasteiger partial charge in [-0.3, -0.25) is 0 Å². The fourth-order valence-electron chi connectivity index (χ4n) is 3.73. The highest BCUT2D eigenvalue weighted by atomic mass is 19.1. The van der Waals surface area contributed by atoms with Crippen LogP contribution in [-0.2, 0) is 13.0 Å². The Morgan fingerprint density at radius 1 is 1.21 bits per heavy atom. The summed E-state index contributed by atoms with van der Waals surface area (Å²) in [6.07, 6.45) is 4.44. The topological polar surface area (TPSA) is 41.1 Å². The second-order valence-corrected chi connectivity index (χ2v) is 6.77. The number of anilines is 1. The van der Waals surface area contributed by atoms with Gasteiger partial charge in [-0.2, -0.15) is 0 Å². The molecule has 5 heteroatoms. The third-order valence-electron chi connectivity index (χ3n) is 5.02. The van der Waals surface area contributed by atoms with Gasteiger partial charge in [-0.15, -0.1) is 0 Å². The van der Waals surface area contributed by atoms with Crippen LogP contribution >= 0.6 is 0 Å². The standard InChI is InChI=1S/C19H23FN4/c1-13-16-4-3-11-24(12-14-6-8-15(20)9-7-14)19(16)23-18(22-13)17-5-2-10-21-17/h6-9,17,21H,2-5,10-12H2,1H3/t17-/m0/s1. The fraction of sp³-hybridized carbons (Fsp3) is 0.474. The van der Waals surface area contributed by atoms with E-state index in [4.69, 9.17) is 9.97 Å². The van der Waals surface area contributed by atoms with Crippen molar-refractivity contribution in [1.82, 2.24) is 15.3 Å². The molecule has 24 heavy (non-hydrogen) atoms. The Morgan fingerprint density at radius 3 is 2.79 bits per heavy atom. The number of hydrogen-bond donors (Lipinski definition) is 1. The van der Waals surface area contributed by atoms with Crippen LogP contribution in [0, 0.1) is 12.7 Å². The lowest BCUT2D eigenvalue weighted by Crippen LogP contribution is -2.31. The summed E-state index contributed by atoms with van der Waals surface area (Å²) in [5, 5.41) is 3.49. The Kier molecular flexibility index (Phi) is 4.19. The molecule has 1 aromatic heterocycles. The van der Waals surface area contributed by atoms with E-state index in [0.29, 0.717) is 0 Å². The summed E-state index contributed by atoms with van der Waals surface area (Å²) in [6.45, 7) is 4.89. The first-order valence-electron chi connectivity index (χ1n) is 8.81. The lowest BCUT2D eigenvalue weighted by atomic mass is 10.0. The number of aryl methyl sites for hydroxylation is 1. The van der Waals surface area contributed by atoms with Crippen LogP contribution in [0.25, 0.3) is 0 Å². The van der Waals surface area contributed by atoms with Gasteiger partial charge in [0.05, 0.1) is 6.04 Å². The molecule has 2 aliphatic heterocycles. The maximum atomic E-state index is 13.1. The minimum atomic E-state index is -0.189. The van der Waals surface area contributed by atoms with Gasteiger partial charge in [-0.25, -0.2) is 14.4 Å². The van der Waals surface area contributed by atoms with Crippen molar-refractivity contribution in [3.8, 4) is 0 Å². The van der Waals surface area contributed by atoms with Crippen LogP contribution in [0.3, 0.4) is 0 Å². The van der Waals surface area contributed by atoms with Crippen molar-refractivity contribution in [1.29, 1.82) is 0 Å². The van der Waals surface area contributed by atoms with Crippen molar-refractivity contribution in [2.45, 2.75) is 45.2 Å². The van der Waals surface area contributed by atoms with E-state index in [1.807, 2.05) is 12.1 Å². The number of halogens is 1. The summed E-state index contributed by atoms with van der Waals surface area (Å²) < 4.78 is 13.1. The SMILES string of the molecule is Cc1nc([C@@H]2CCCN2)nc2c1CCCN2Cc1ccc(F)cc1. The van der Waals surface area contributed by atoms with Crippen molar-refractivity contribution in [2.24, 2.45) is 0 Å². The van der Waals surface area contributed by atoms with Gasteiger partial charge in [0.15, 0.2) is 0 Å². The Morgan fingerprint density at radius 2 is 2.04 bits per heavy atom. The predicted molar refractivity (Wildman–Crippen MR) is 92.5 cm³/mol. The number of nitrogens with one attached hydrogen (secondary N) is 1. The van der Waals surface area contributed by atoms with Crippen LogP contribution in [0.4, 0.5) is 10.2 Å². The average molecular weight is 326 g/mol. The number of nitrogens with zero attached hydrogens (tertiary/aromatic N) is 3. The molecule has 2 aromatic rings. The minimum absolute atomic E-state index is 0.189. The molecule has 0 saturated carbocycles. The van der Waals surface area contributed by atoms with E-state index in [0.717, 1.165) is 61.8 Å². The lowest BCUT2D eigenvalue weighted by molar-refractivity contribution is 0.587. The quantitative estimate of drug-likeness (QED) is 0.939. The van der Waals surface area contributed by atoms with Gasteiger partial charge in [-0.05, 0) is 56.8 Å². The summed E-state index contributed by atoms with van der Waals surface area (Å²) >= 11 is 0. The molecule has 1 fully saturated rings. The van der Waals surface area contributed by atoms with Gasteiger partial charge in [0.2, 0.25) is 0 Å². The largest absolute Gasteiger partial charge is 0.352 e. The molecular weight excluding hydrogens is 303 g/mol. The second kappa shape index (κ2) is 6.48. The maximum Gasteiger partial charge on any atom is 0.147 e. The van der Waals surface area contributed by atoms with Crippen molar-refractivity contribution in [3.63, 3.8) is 0 Å². The summed E-state index contributed by atoms with van der Waals surface area (Å²) in [7, 11) is 0. The van der Waals surface area contributed by atoms with E-state index in [9.17, 15) is 4.39 Å². The molecule has 0 spiro atoms. The smallest absolute Gasteiger partial charge is 0.147 e. The molecule has 0 aliphatic carbocycles. The van der Waals surface area contributed by atoms with Crippen LogP contribution < -0.4 is 10.2 Å². The molecular formula is C19H23FN4. The highest BCUT2D eigenvalue weighted by molar-refractivity contribution is 5.52. The molecule has 0 radical (unpaired) electrons. The molecule has 1 N–H and O–H groups in total. The van der Waals surface area contributed by atoms with Crippen LogP contribution in [0.15, 0.2) is 24.3 Å². The minimum Gasteiger partial charge on any atom is -0.352 e. The van der Waals surface area contributed by atoms with Gasteiger partial charge >= 0.3 is 0 Å². The summed E-state index contributed by atoms with van der Waals surface area (Å²) in [6, 6.07) is 7.05. The van der Waals surface area contributed by atoms with Crippen LogP contribution in [0.5, 0.6) is 0 Å². The highest BCUT2D eigenvalue weighted by Gasteiger charge is 2.26. The third kappa shape index (κ3) is 3.00. The molecule has 1 aromatic carbocycles. The van der Waals surface area contributed by atoms with Gasteiger partial charge in [0, 0.05) is 24.3 Å². The van der Waals surface area contributed by atoms with Crippen LogP contribution in [0.1, 0.15) is 47.9 Å². The van der Waals surface area contributed by atoms with Gasteiger partial charge in [0.25, 0.3) is 0 Å².